The van der Waals surface area contributed by atoms with Crippen LogP contribution in [0.25, 0.3) is 0 Å². The Hall–Kier alpha value is -3.23. The zero-order valence-corrected chi connectivity index (χ0v) is 31.3. The minimum absolute atomic E-state index is 0.0153. The molecular formula is C41H67NO7. The predicted molar refractivity (Wildman–Crippen MR) is 199 cm³/mol. The average molecular weight is 686 g/mol. The molecule has 0 aromatic heterocycles. The number of rotatable bonds is 31. The number of ether oxygens (including phenoxy) is 3. The van der Waals surface area contributed by atoms with Gasteiger partial charge < -0.3 is 28.6 Å². The molecule has 49 heavy (non-hydrogen) atoms. The maximum Gasteiger partial charge on any atom is 0.306 e. The highest BCUT2D eigenvalue weighted by Crippen LogP contribution is 2.11. The van der Waals surface area contributed by atoms with Crippen molar-refractivity contribution in [1.29, 1.82) is 0 Å². The van der Waals surface area contributed by atoms with Crippen LogP contribution in [-0.2, 0) is 28.6 Å². The number of likely N-dealkylation sites (N-methyl/N-ethyl adjacent to an activating group) is 1. The van der Waals surface area contributed by atoms with E-state index in [9.17, 15) is 19.5 Å². The highest BCUT2D eigenvalue weighted by molar-refractivity contribution is 5.70. The van der Waals surface area contributed by atoms with Gasteiger partial charge in [0.1, 0.15) is 12.6 Å². The van der Waals surface area contributed by atoms with Gasteiger partial charge in [0.2, 0.25) is 0 Å². The van der Waals surface area contributed by atoms with Crippen LogP contribution in [0.15, 0.2) is 72.9 Å². The molecule has 0 heterocycles. The molecule has 0 saturated carbocycles. The third-order valence-corrected chi connectivity index (χ3v) is 7.70. The van der Waals surface area contributed by atoms with Crippen LogP contribution in [0.3, 0.4) is 0 Å². The van der Waals surface area contributed by atoms with Gasteiger partial charge in [-0.2, -0.15) is 0 Å². The standard InChI is InChI=1S/C41H67NO7/c1-6-8-10-12-14-16-18-19-20-21-22-24-26-28-30-32-40(44)49-37(35-47-34-33-38(41(45)46)42(3,4)5)36-48-39(43)31-29-27-25-23-17-15-13-11-9-7-2/h8,10,12-16,18-22,37-38H,6-7,9,11,17,23-36H2,1-5H3/b10-8+,14-12+,15-13+,18-16+,20-19+,22-21+. The van der Waals surface area contributed by atoms with Gasteiger partial charge in [-0.3, -0.25) is 9.59 Å². The summed E-state index contributed by atoms with van der Waals surface area (Å²) in [4.78, 5) is 36.6. The molecule has 2 atom stereocenters. The fourth-order valence-corrected chi connectivity index (χ4v) is 4.78. The van der Waals surface area contributed by atoms with Gasteiger partial charge >= 0.3 is 11.9 Å². The van der Waals surface area contributed by atoms with E-state index < -0.39 is 18.1 Å². The first-order chi connectivity index (χ1) is 23.6. The highest BCUT2D eigenvalue weighted by atomic mass is 16.6. The lowest BCUT2D eigenvalue weighted by Gasteiger charge is -2.34. The van der Waals surface area contributed by atoms with Crippen molar-refractivity contribution in [3.8, 4) is 0 Å². The van der Waals surface area contributed by atoms with Crippen molar-refractivity contribution in [1.82, 2.24) is 0 Å². The summed E-state index contributed by atoms with van der Waals surface area (Å²) in [5.41, 5.74) is 0. The van der Waals surface area contributed by atoms with Crippen LogP contribution in [0, 0.1) is 0 Å². The van der Waals surface area contributed by atoms with E-state index in [2.05, 4.69) is 38.2 Å². The van der Waals surface area contributed by atoms with Crippen molar-refractivity contribution in [2.24, 2.45) is 0 Å². The maximum absolute atomic E-state index is 12.6. The topological polar surface area (TPSA) is 102 Å². The number of carboxylic acids is 1. The van der Waals surface area contributed by atoms with Crippen LogP contribution in [0.5, 0.6) is 0 Å². The van der Waals surface area contributed by atoms with E-state index in [1.807, 2.05) is 48.6 Å². The first-order valence-corrected chi connectivity index (χ1v) is 18.5. The Morgan fingerprint density at radius 3 is 1.76 bits per heavy atom. The third-order valence-electron chi connectivity index (χ3n) is 7.70. The van der Waals surface area contributed by atoms with Crippen molar-refractivity contribution in [3.05, 3.63) is 72.9 Å². The summed E-state index contributed by atoms with van der Waals surface area (Å²) in [7, 11) is 5.36. The number of carbonyl (C=O) groups is 3. The Morgan fingerprint density at radius 2 is 1.16 bits per heavy atom. The van der Waals surface area contributed by atoms with Crippen LogP contribution in [0.1, 0.15) is 117 Å². The van der Waals surface area contributed by atoms with Crippen LogP contribution in [0.4, 0.5) is 0 Å². The Kier molecular flexibility index (Phi) is 29.9. The smallest absolute Gasteiger partial charge is 0.306 e. The van der Waals surface area contributed by atoms with E-state index in [1.54, 1.807) is 21.1 Å². The number of hydrogen-bond donors (Lipinski definition) is 0. The molecule has 8 heteroatoms. The van der Waals surface area contributed by atoms with Gasteiger partial charge in [0.05, 0.1) is 40.3 Å². The van der Waals surface area contributed by atoms with Crippen molar-refractivity contribution >= 4 is 17.9 Å². The van der Waals surface area contributed by atoms with E-state index in [4.69, 9.17) is 14.2 Å². The number of nitrogens with zero attached hydrogens (tertiary/aromatic N) is 1. The third kappa shape index (κ3) is 30.6. The molecule has 0 aliphatic rings. The summed E-state index contributed by atoms with van der Waals surface area (Å²) >= 11 is 0. The molecular weight excluding hydrogens is 618 g/mol. The molecule has 0 aliphatic carbocycles. The average Bonchev–Trinajstić information content (AvgIpc) is 3.05. The van der Waals surface area contributed by atoms with Gasteiger partial charge in [0.25, 0.3) is 0 Å². The second-order valence-electron chi connectivity index (χ2n) is 13.2. The molecule has 0 rings (SSSR count). The second-order valence-corrected chi connectivity index (χ2v) is 13.2. The molecule has 0 bridgehead atoms. The van der Waals surface area contributed by atoms with Gasteiger partial charge in [0.15, 0.2) is 6.10 Å². The number of hydrogen-bond acceptors (Lipinski definition) is 7. The van der Waals surface area contributed by atoms with Gasteiger partial charge in [-0.25, -0.2) is 0 Å². The maximum atomic E-state index is 12.6. The molecule has 2 unspecified atom stereocenters. The minimum Gasteiger partial charge on any atom is -0.544 e. The Labute approximate surface area is 298 Å². The lowest BCUT2D eigenvalue weighted by Crippen LogP contribution is -2.55. The summed E-state index contributed by atoms with van der Waals surface area (Å²) in [5, 5.41) is 11.6. The predicted octanol–water partition coefficient (Wildman–Crippen LogP) is 7.90. The summed E-state index contributed by atoms with van der Waals surface area (Å²) in [5.74, 6) is -1.82. The highest BCUT2D eigenvalue weighted by Gasteiger charge is 2.25. The summed E-state index contributed by atoms with van der Waals surface area (Å²) in [6, 6.07) is -0.737. The summed E-state index contributed by atoms with van der Waals surface area (Å²) in [6.07, 6.45) is 37.9. The van der Waals surface area contributed by atoms with Crippen LogP contribution in [0.2, 0.25) is 0 Å². The first kappa shape index (κ1) is 45.8. The van der Waals surface area contributed by atoms with Crippen molar-refractivity contribution in [2.75, 3.05) is 41.0 Å². The lowest BCUT2D eigenvalue weighted by atomic mass is 10.1. The molecule has 0 aromatic rings. The number of aliphatic carboxylic acids is 1. The minimum atomic E-state index is -1.14. The molecule has 0 saturated heterocycles. The van der Waals surface area contributed by atoms with Gasteiger partial charge in [0, 0.05) is 19.3 Å². The van der Waals surface area contributed by atoms with Crippen LogP contribution in [-0.4, -0.2) is 75.5 Å². The number of carboxylic acid groups (broad SMARTS) is 1. The first-order valence-electron chi connectivity index (χ1n) is 18.5. The van der Waals surface area contributed by atoms with Crippen molar-refractivity contribution in [3.63, 3.8) is 0 Å². The summed E-state index contributed by atoms with van der Waals surface area (Å²) in [6.45, 7) is 4.37. The van der Waals surface area contributed by atoms with E-state index >= 15 is 0 Å². The van der Waals surface area contributed by atoms with E-state index in [0.717, 1.165) is 64.2 Å². The molecule has 0 N–H and O–H groups in total. The molecule has 0 radical (unpaired) electrons. The SMILES string of the molecule is CC/C=C/C=C/C=C/C=C/C=C/CCCCCC(=O)OC(COCCC(C(=O)[O-])[N+](C)(C)C)COC(=O)CCCCCC/C=C/CCCC. The van der Waals surface area contributed by atoms with E-state index in [0.29, 0.717) is 12.8 Å². The molecule has 278 valence electrons. The van der Waals surface area contributed by atoms with Crippen LogP contribution >= 0.6 is 0 Å². The fourth-order valence-electron chi connectivity index (χ4n) is 4.78. The number of allylic oxidation sites excluding steroid dienone is 12. The number of quaternary nitrogens is 1. The fraction of sp³-hybridized carbons (Fsp3) is 0.634. The normalized spacial score (nSPS) is 13.9. The lowest BCUT2D eigenvalue weighted by molar-refractivity contribution is -0.889. The molecule has 8 nitrogen and oxygen atoms in total. The largest absolute Gasteiger partial charge is 0.544 e. The van der Waals surface area contributed by atoms with Crippen molar-refractivity contribution < 1.29 is 38.2 Å². The number of unbranched alkanes of at least 4 members (excludes halogenated alkanes) is 9. The van der Waals surface area contributed by atoms with Crippen molar-refractivity contribution in [2.45, 2.75) is 129 Å². The number of carbonyl (C=O) groups excluding carboxylic acids is 3. The van der Waals surface area contributed by atoms with Crippen LogP contribution < -0.4 is 5.11 Å². The second kappa shape index (κ2) is 32.0. The van der Waals surface area contributed by atoms with Gasteiger partial charge in [-0.15, -0.1) is 0 Å². The molecule has 0 amide bonds. The Balaban J connectivity index is 4.57. The summed E-state index contributed by atoms with van der Waals surface area (Å²) < 4.78 is 17.0. The van der Waals surface area contributed by atoms with Gasteiger partial charge in [-0.1, -0.05) is 119 Å². The van der Waals surface area contributed by atoms with E-state index in [-0.39, 0.29) is 49.1 Å². The number of esters is 2. The zero-order valence-electron chi connectivity index (χ0n) is 31.3. The quantitative estimate of drug-likeness (QED) is 0.0240. The monoisotopic (exact) mass is 685 g/mol. The Morgan fingerprint density at radius 1 is 0.633 bits per heavy atom. The van der Waals surface area contributed by atoms with Gasteiger partial charge in [-0.05, 0) is 51.4 Å². The Bertz CT molecular complexity index is 1030. The molecule has 0 fully saturated rings. The molecule has 0 spiro atoms. The molecule has 0 aromatic carbocycles. The van der Waals surface area contributed by atoms with E-state index in [1.165, 1.54) is 12.8 Å². The zero-order chi connectivity index (χ0) is 36.4. The molecule has 0 aliphatic heterocycles.